The van der Waals surface area contributed by atoms with E-state index in [1.807, 2.05) is 29.4 Å². The second kappa shape index (κ2) is 6.91. The highest BCUT2D eigenvalue weighted by Crippen LogP contribution is 2.28. The molecular formula is C14H21N3OS. The van der Waals surface area contributed by atoms with E-state index in [4.69, 9.17) is 5.73 Å². The average Bonchev–Trinajstić information content (AvgIpc) is 3.27. The summed E-state index contributed by atoms with van der Waals surface area (Å²) in [5.74, 6) is 0.997. The summed E-state index contributed by atoms with van der Waals surface area (Å²) in [7, 11) is 0. The molecule has 104 valence electrons. The summed E-state index contributed by atoms with van der Waals surface area (Å²) in [6, 6.07) is 5.78. The first kappa shape index (κ1) is 14.3. The van der Waals surface area contributed by atoms with Crippen LogP contribution in [0.4, 0.5) is 0 Å². The minimum absolute atomic E-state index is 0.0715. The number of amides is 1. The van der Waals surface area contributed by atoms with Crippen molar-refractivity contribution in [1.29, 1.82) is 0 Å². The van der Waals surface area contributed by atoms with Gasteiger partial charge in [-0.1, -0.05) is 6.07 Å². The van der Waals surface area contributed by atoms with Crippen LogP contribution in [0.2, 0.25) is 0 Å². The van der Waals surface area contributed by atoms with E-state index in [1.54, 1.807) is 18.0 Å². The van der Waals surface area contributed by atoms with E-state index in [1.165, 1.54) is 0 Å². The lowest BCUT2D eigenvalue weighted by molar-refractivity contribution is -0.133. The molecule has 0 spiro atoms. The van der Waals surface area contributed by atoms with Gasteiger partial charge in [0.1, 0.15) is 0 Å². The number of rotatable bonds is 7. The van der Waals surface area contributed by atoms with Gasteiger partial charge in [-0.05, 0) is 43.4 Å². The smallest absolute Gasteiger partial charge is 0.240 e. The molecule has 4 nitrogen and oxygen atoms in total. The Bertz CT molecular complexity index is 408. The maximum Gasteiger partial charge on any atom is 0.240 e. The normalized spacial score (nSPS) is 16.1. The predicted octanol–water partition coefficient (Wildman–Crippen LogP) is 1.65. The van der Waals surface area contributed by atoms with E-state index in [-0.39, 0.29) is 11.9 Å². The molecule has 19 heavy (non-hydrogen) atoms. The molecule has 2 N–H and O–H groups in total. The summed E-state index contributed by atoms with van der Waals surface area (Å²) >= 11 is 1.72. The number of hydrogen-bond acceptors (Lipinski definition) is 4. The molecule has 1 saturated carbocycles. The Morgan fingerprint density at radius 1 is 1.58 bits per heavy atom. The van der Waals surface area contributed by atoms with Crippen molar-refractivity contribution in [3.8, 4) is 0 Å². The zero-order valence-corrected chi connectivity index (χ0v) is 12.1. The van der Waals surface area contributed by atoms with Crippen LogP contribution in [0, 0.1) is 0 Å². The van der Waals surface area contributed by atoms with Crippen molar-refractivity contribution in [1.82, 2.24) is 9.88 Å². The molecule has 1 aliphatic carbocycles. The Balaban J connectivity index is 1.97. The quantitative estimate of drug-likeness (QED) is 0.824. The predicted molar refractivity (Wildman–Crippen MR) is 78.8 cm³/mol. The van der Waals surface area contributed by atoms with Gasteiger partial charge in [0.2, 0.25) is 5.91 Å². The van der Waals surface area contributed by atoms with Crippen LogP contribution in [0.25, 0.3) is 0 Å². The van der Waals surface area contributed by atoms with Crippen LogP contribution < -0.4 is 5.73 Å². The van der Waals surface area contributed by atoms with E-state index in [9.17, 15) is 4.79 Å². The van der Waals surface area contributed by atoms with Gasteiger partial charge in [0.05, 0.1) is 18.3 Å². The SMILES string of the molecule is CSCC[C@@H](N)C(=O)N(Cc1ccccn1)C1CC1. The van der Waals surface area contributed by atoms with Crippen LogP contribution in [0.15, 0.2) is 24.4 Å². The van der Waals surface area contributed by atoms with Gasteiger partial charge in [-0.3, -0.25) is 9.78 Å². The van der Waals surface area contributed by atoms with E-state index < -0.39 is 0 Å². The van der Waals surface area contributed by atoms with E-state index in [0.717, 1.165) is 30.7 Å². The molecule has 1 fully saturated rings. The summed E-state index contributed by atoms with van der Waals surface area (Å²) in [4.78, 5) is 18.6. The largest absolute Gasteiger partial charge is 0.332 e. The Kier molecular flexibility index (Phi) is 5.22. The van der Waals surface area contributed by atoms with Crippen LogP contribution in [0.3, 0.4) is 0 Å². The molecule has 1 atom stereocenters. The molecule has 0 aromatic carbocycles. The van der Waals surface area contributed by atoms with Crippen molar-refractivity contribution in [3.63, 3.8) is 0 Å². The lowest BCUT2D eigenvalue weighted by Gasteiger charge is -2.25. The Morgan fingerprint density at radius 3 is 2.95 bits per heavy atom. The molecule has 0 saturated heterocycles. The van der Waals surface area contributed by atoms with Crippen LogP contribution in [-0.2, 0) is 11.3 Å². The van der Waals surface area contributed by atoms with Gasteiger partial charge in [-0.15, -0.1) is 0 Å². The molecule has 1 amide bonds. The first-order valence-corrected chi connectivity index (χ1v) is 8.06. The molecule has 2 rings (SSSR count). The summed E-state index contributed by atoms with van der Waals surface area (Å²) in [5, 5.41) is 0. The average molecular weight is 279 g/mol. The molecule has 0 unspecified atom stereocenters. The second-order valence-corrected chi connectivity index (χ2v) is 5.89. The van der Waals surface area contributed by atoms with Crippen LogP contribution in [-0.4, -0.2) is 39.9 Å². The number of carbonyl (C=O) groups excluding carboxylic acids is 1. The lowest BCUT2D eigenvalue weighted by Crippen LogP contribution is -2.44. The van der Waals surface area contributed by atoms with Crippen LogP contribution in [0.5, 0.6) is 0 Å². The summed E-state index contributed by atoms with van der Waals surface area (Å²) in [6.07, 6.45) is 6.72. The highest BCUT2D eigenvalue weighted by atomic mass is 32.2. The van der Waals surface area contributed by atoms with Crippen molar-refractivity contribution in [2.75, 3.05) is 12.0 Å². The fourth-order valence-corrected chi connectivity index (χ4v) is 2.51. The summed E-state index contributed by atoms with van der Waals surface area (Å²) < 4.78 is 0. The van der Waals surface area contributed by atoms with Gasteiger partial charge in [-0.25, -0.2) is 0 Å². The maximum absolute atomic E-state index is 12.4. The summed E-state index contributed by atoms with van der Waals surface area (Å²) in [6.45, 7) is 0.581. The maximum atomic E-state index is 12.4. The van der Waals surface area contributed by atoms with Crippen molar-refractivity contribution < 1.29 is 4.79 Å². The number of pyridine rings is 1. The second-order valence-electron chi connectivity index (χ2n) is 4.91. The van der Waals surface area contributed by atoms with Gasteiger partial charge < -0.3 is 10.6 Å². The number of aromatic nitrogens is 1. The zero-order valence-electron chi connectivity index (χ0n) is 11.3. The molecule has 1 heterocycles. The number of carbonyl (C=O) groups is 1. The van der Waals surface area contributed by atoms with Crippen molar-refractivity contribution in [2.24, 2.45) is 5.73 Å². The fraction of sp³-hybridized carbons (Fsp3) is 0.571. The topological polar surface area (TPSA) is 59.2 Å². The highest BCUT2D eigenvalue weighted by Gasteiger charge is 2.34. The first-order valence-electron chi connectivity index (χ1n) is 6.67. The van der Waals surface area contributed by atoms with Crippen molar-refractivity contribution in [2.45, 2.75) is 37.9 Å². The van der Waals surface area contributed by atoms with Crippen molar-refractivity contribution in [3.05, 3.63) is 30.1 Å². The third-order valence-corrected chi connectivity index (χ3v) is 3.92. The Morgan fingerprint density at radius 2 is 2.37 bits per heavy atom. The molecule has 5 heteroatoms. The molecule has 0 radical (unpaired) electrons. The number of thioether (sulfide) groups is 1. The third-order valence-electron chi connectivity index (χ3n) is 3.28. The molecule has 0 aliphatic heterocycles. The number of nitrogens with two attached hydrogens (primary N) is 1. The molecule has 0 bridgehead atoms. The van der Waals surface area contributed by atoms with E-state index in [0.29, 0.717) is 12.6 Å². The van der Waals surface area contributed by atoms with Gasteiger partial charge in [0, 0.05) is 12.2 Å². The standard InChI is InChI=1S/C14H21N3OS/c1-19-9-7-13(15)14(18)17(12-5-6-12)10-11-4-2-3-8-16-11/h2-4,8,12-13H,5-7,9-10,15H2,1H3/t13-/m1/s1. The molecule has 1 aromatic rings. The van der Waals surface area contributed by atoms with Gasteiger partial charge in [-0.2, -0.15) is 11.8 Å². The third kappa shape index (κ3) is 4.21. The molecular weight excluding hydrogens is 258 g/mol. The van der Waals surface area contributed by atoms with Gasteiger partial charge >= 0.3 is 0 Å². The monoisotopic (exact) mass is 279 g/mol. The molecule has 1 aromatic heterocycles. The number of hydrogen-bond donors (Lipinski definition) is 1. The van der Waals surface area contributed by atoms with Gasteiger partial charge in [0.15, 0.2) is 0 Å². The Hall–Kier alpha value is -1.07. The fourth-order valence-electron chi connectivity index (χ4n) is 2.02. The van der Waals surface area contributed by atoms with E-state index >= 15 is 0 Å². The number of nitrogens with zero attached hydrogens (tertiary/aromatic N) is 2. The highest BCUT2D eigenvalue weighted by molar-refractivity contribution is 7.98. The first-order chi connectivity index (χ1) is 9.22. The molecule has 1 aliphatic rings. The lowest BCUT2D eigenvalue weighted by atomic mass is 10.2. The van der Waals surface area contributed by atoms with Crippen molar-refractivity contribution >= 4 is 17.7 Å². The summed E-state index contributed by atoms with van der Waals surface area (Å²) in [5.41, 5.74) is 6.93. The van der Waals surface area contributed by atoms with Crippen LogP contribution >= 0.6 is 11.8 Å². The minimum atomic E-state index is -0.378. The Labute approximate surface area is 118 Å². The van der Waals surface area contributed by atoms with E-state index in [2.05, 4.69) is 4.98 Å². The zero-order chi connectivity index (χ0) is 13.7. The van der Waals surface area contributed by atoms with Gasteiger partial charge in [0.25, 0.3) is 0 Å². The van der Waals surface area contributed by atoms with Crippen LogP contribution in [0.1, 0.15) is 25.0 Å². The minimum Gasteiger partial charge on any atom is -0.332 e.